The van der Waals surface area contributed by atoms with E-state index in [4.69, 9.17) is 4.43 Å². The van der Waals surface area contributed by atoms with E-state index in [0.717, 1.165) is 5.92 Å². The molecule has 18 heavy (non-hydrogen) atoms. The summed E-state index contributed by atoms with van der Waals surface area (Å²) in [6, 6.07) is 0. The van der Waals surface area contributed by atoms with Crippen LogP contribution in [0.4, 0.5) is 0 Å². The van der Waals surface area contributed by atoms with Crippen molar-refractivity contribution < 1.29 is 4.43 Å². The molecule has 1 atom stereocenters. The van der Waals surface area contributed by atoms with Gasteiger partial charge in [-0.3, -0.25) is 0 Å². The molecule has 2 heteroatoms. The second-order valence-corrected chi connectivity index (χ2v) is 9.41. The van der Waals surface area contributed by atoms with E-state index in [1.807, 2.05) is 0 Å². The minimum atomic E-state index is -0.922. The monoisotopic (exact) mass is 268 g/mol. The largest absolute Gasteiger partial charge is 0.550 e. The van der Waals surface area contributed by atoms with Gasteiger partial charge in [0.1, 0.15) is 0 Å². The Bertz CT molecular complexity index is 263. The summed E-state index contributed by atoms with van der Waals surface area (Å²) in [5.41, 5.74) is 0.459. The van der Waals surface area contributed by atoms with Crippen molar-refractivity contribution in [2.75, 3.05) is 0 Å². The summed E-state index contributed by atoms with van der Waals surface area (Å²) >= 11 is 0. The zero-order chi connectivity index (χ0) is 13.6. The predicted molar refractivity (Wildman–Crippen MR) is 83.3 cm³/mol. The minimum absolute atomic E-state index is 0.459. The van der Waals surface area contributed by atoms with Crippen LogP contribution in [-0.2, 0) is 4.43 Å². The second kappa shape index (κ2) is 7.37. The van der Waals surface area contributed by atoms with Gasteiger partial charge in [-0.05, 0) is 56.2 Å². The summed E-state index contributed by atoms with van der Waals surface area (Å²) in [7, 11) is -0.922. The van der Waals surface area contributed by atoms with Gasteiger partial charge in [0.2, 0.25) is 9.04 Å². The zero-order valence-electron chi connectivity index (χ0n) is 13.1. The average molecular weight is 269 g/mol. The topological polar surface area (TPSA) is 9.23 Å². The van der Waals surface area contributed by atoms with E-state index in [9.17, 15) is 0 Å². The lowest BCUT2D eigenvalue weighted by Crippen LogP contribution is -2.20. The van der Waals surface area contributed by atoms with Crippen molar-refractivity contribution in [3.8, 4) is 0 Å². The summed E-state index contributed by atoms with van der Waals surface area (Å²) in [5, 5.41) is 0. The van der Waals surface area contributed by atoms with Crippen molar-refractivity contribution in [2.45, 2.75) is 78.8 Å². The first-order valence-electron chi connectivity index (χ1n) is 7.75. The Kier molecular flexibility index (Phi) is 6.48. The molecule has 0 saturated carbocycles. The van der Waals surface area contributed by atoms with Gasteiger partial charge in [0.05, 0.1) is 5.76 Å². The van der Waals surface area contributed by atoms with Crippen LogP contribution in [0, 0.1) is 11.3 Å². The van der Waals surface area contributed by atoms with Gasteiger partial charge in [0.25, 0.3) is 0 Å². The Balaban J connectivity index is 2.60. The molecule has 1 unspecified atom stereocenters. The third-order valence-corrected chi connectivity index (χ3v) is 4.75. The number of hydrogen-bond acceptors (Lipinski definition) is 1. The van der Waals surface area contributed by atoms with Gasteiger partial charge in [-0.15, -0.1) is 0 Å². The molecule has 1 rings (SSSR count). The molecule has 1 aliphatic rings. The Morgan fingerprint density at radius 3 is 2.44 bits per heavy atom. The van der Waals surface area contributed by atoms with Crippen molar-refractivity contribution in [1.82, 2.24) is 0 Å². The van der Waals surface area contributed by atoms with Crippen molar-refractivity contribution in [3.05, 3.63) is 11.8 Å². The van der Waals surface area contributed by atoms with Crippen LogP contribution in [0.1, 0.15) is 65.7 Å². The van der Waals surface area contributed by atoms with Crippen LogP contribution in [-0.4, -0.2) is 9.04 Å². The first-order chi connectivity index (χ1) is 8.39. The normalized spacial score (nSPS) is 23.7. The Morgan fingerprint density at radius 1 is 1.11 bits per heavy atom. The van der Waals surface area contributed by atoms with Gasteiger partial charge in [-0.25, -0.2) is 0 Å². The predicted octanol–water partition coefficient (Wildman–Crippen LogP) is 5.28. The van der Waals surface area contributed by atoms with E-state index in [1.165, 1.54) is 50.7 Å². The third kappa shape index (κ3) is 6.08. The highest BCUT2D eigenvalue weighted by Gasteiger charge is 2.23. The third-order valence-electron chi connectivity index (χ3n) is 3.97. The van der Waals surface area contributed by atoms with Gasteiger partial charge in [0, 0.05) is 6.42 Å². The Labute approximate surface area is 116 Å². The molecule has 0 aliphatic heterocycles. The summed E-state index contributed by atoms with van der Waals surface area (Å²) in [6.07, 6.45) is 11.6. The molecule has 0 heterocycles. The highest BCUT2D eigenvalue weighted by atomic mass is 28.3. The molecule has 0 aromatic heterocycles. The van der Waals surface area contributed by atoms with E-state index in [2.05, 4.69) is 39.9 Å². The smallest absolute Gasteiger partial charge is 0.229 e. The SMILES string of the molecule is C[SiH](C)OC1=CCCC(C(C)(C)C)CCCCC1. The molecule has 0 saturated heterocycles. The van der Waals surface area contributed by atoms with E-state index >= 15 is 0 Å². The first-order valence-corrected chi connectivity index (χ1v) is 10.5. The molecular weight excluding hydrogens is 236 g/mol. The van der Waals surface area contributed by atoms with E-state index in [1.54, 1.807) is 0 Å². The second-order valence-electron chi connectivity index (χ2n) is 7.08. The van der Waals surface area contributed by atoms with Gasteiger partial charge in [-0.2, -0.15) is 0 Å². The summed E-state index contributed by atoms with van der Waals surface area (Å²) < 4.78 is 6.04. The maximum absolute atomic E-state index is 6.04. The lowest BCUT2D eigenvalue weighted by atomic mass is 9.75. The molecule has 0 fully saturated rings. The van der Waals surface area contributed by atoms with Crippen LogP contribution in [0.15, 0.2) is 11.8 Å². The Hall–Kier alpha value is -0.243. The lowest BCUT2D eigenvalue weighted by Gasteiger charge is -2.31. The maximum atomic E-state index is 6.04. The quantitative estimate of drug-likeness (QED) is 0.619. The molecule has 1 nitrogen and oxygen atoms in total. The Morgan fingerprint density at radius 2 is 1.83 bits per heavy atom. The lowest BCUT2D eigenvalue weighted by molar-refractivity contribution is 0.205. The molecule has 0 spiro atoms. The molecule has 106 valence electrons. The molecule has 0 bridgehead atoms. The first kappa shape index (κ1) is 15.8. The van der Waals surface area contributed by atoms with Crippen LogP contribution in [0.2, 0.25) is 13.1 Å². The number of allylic oxidation sites excluding steroid dienone is 2. The fourth-order valence-corrected chi connectivity index (χ4v) is 3.65. The maximum Gasteiger partial charge on any atom is 0.229 e. The average Bonchev–Trinajstić information content (AvgIpc) is 2.24. The minimum Gasteiger partial charge on any atom is -0.550 e. The molecule has 0 amide bonds. The molecular formula is C16H32OSi. The van der Waals surface area contributed by atoms with Crippen LogP contribution in [0.25, 0.3) is 0 Å². The van der Waals surface area contributed by atoms with Crippen LogP contribution in [0.5, 0.6) is 0 Å². The van der Waals surface area contributed by atoms with E-state index in [-0.39, 0.29) is 0 Å². The molecule has 0 radical (unpaired) electrons. The standard InChI is InChI=1S/C16H32OSi/c1-16(2,3)14-10-7-6-8-12-15(13-9-11-14)17-18(4)5/h13-14,18H,6-12H2,1-5H3. The van der Waals surface area contributed by atoms with Crippen LogP contribution >= 0.6 is 0 Å². The summed E-state index contributed by atoms with van der Waals surface area (Å²) in [5.74, 6) is 2.16. The molecule has 1 aliphatic carbocycles. The van der Waals surface area contributed by atoms with Gasteiger partial charge < -0.3 is 4.43 Å². The number of rotatable bonds is 2. The molecule has 0 aromatic carbocycles. The van der Waals surface area contributed by atoms with Crippen LogP contribution < -0.4 is 0 Å². The fraction of sp³-hybridized carbons (Fsp3) is 0.875. The summed E-state index contributed by atoms with van der Waals surface area (Å²) in [4.78, 5) is 0. The van der Waals surface area contributed by atoms with Crippen molar-refractivity contribution >= 4 is 9.04 Å². The number of hydrogen-bond donors (Lipinski definition) is 0. The van der Waals surface area contributed by atoms with Gasteiger partial charge >= 0.3 is 0 Å². The van der Waals surface area contributed by atoms with Crippen molar-refractivity contribution in [2.24, 2.45) is 11.3 Å². The zero-order valence-corrected chi connectivity index (χ0v) is 14.2. The van der Waals surface area contributed by atoms with Crippen LogP contribution in [0.3, 0.4) is 0 Å². The van der Waals surface area contributed by atoms with Crippen molar-refractivity contribution in [1.29, 1.82) is 0 Å². The van der Waals surface area contributed by atoms with Gasteiger partial charge in [-0.1, -0.05) is 33.6 Å². The molecule has 0 aromatic rings. The van der Waals surface area contributed by atoms with E-state index < -0.39 is 9.04 Å². The van der Waals surface area contributed by atoms with Gasteiger partial charge in [0.15, 0.2) is 0 Å². The summed E-state index contributed by atoms with van der Waals surface area (Å²) in [6.45, 7) is 11.7. The molecule has 0 N–H and O–H groups in total. The highest BCUT2D eigenvalue weighted by molar-refractivity contribution is 6.48. The van der Waals surface area contributed by atoms with E-state index in [0.29, 0.717) is 5.41 Å². The highest BCUT2D eigenvalue weighted by Crippen LogP contribution is 2.35. The fourth-order valence-electron chi connectivity index (χ4n) is 2.83. The van der Waals surface area contributed by atoms with Crippen molar-refractivity contribution in [3.63, 3.8) is 0 Å².